The van der Waals surface area contributed by atoms with Gasteiger partial charge >= 0.3 is 11.9 Å². The van der Waals surface area contributed by atoms with Gasteiger partial charge in [-0.2, -0.15) is 13.2 Å². The van der Waals surface area contributed by atoms with Gasteiger partial charge in [0.15, 0.2) is 23.3 Å². The molecule has 5 rings (SSSR count). The van der Waals surface area contributed by atoms with Crippen molar-refractivity contribution in [3.8, 4) is 17.1 Å². The second kappa shape index (κ2) is 10.2. The van der Waals surface area contributed by atoms with Crippen molar-refractivity contribution in [3.05, 3.63) is 80.7 Å². The molecule has 1 saturated heterocycles. The maximum absolute atomic E-state index is 14.0. The third-order valence-electron chi connectivity index (χ3n) is 5.89. The zero-order chi connectivity index (χ0) is 27.9. The van der Waals surface area contributed by atoms with Crippen molar-refractivity contribution in [2.45, 2.75) is 32.0 Å². The Bertz CT molecular complexity index is 1590. The van der Waals surface area contributed by atoms with E-state index in [1.54, 1.807) is 24.3 Å². The second-order valence-corrected chi connectivity index (χ2v) is 9.48. The molecular formula is C24H19Cl2F3N6O4. The predicted octanol–water partition coefficient (Wildman–Crippen LogP) is 4.16. The number of nitrogens with zero attached hydrogens (tertiary/aromatic N) is 6. The maximum Gasteiger partial charge on any atom is 0.445 e. The molecule has 1 aliphatic heterocycles. The topological polar surface area (TPSA) is 106 Å². The molecule has 0 bridgehead atoms. The number of carbonyl (C=O) groups excluding carboxylic acids is 1. The molecule has 1 aliphatic rings. The minimum atomic E-state index is -4.93. The minimum absolute atomic E-state index is 0.0217. The van der Waals surface area contributed by atoms with Gasteiger partial charge in [-0.3, -0.25) is 9.36 Å². The van der Waals surface area contributed by atoms with Gasteiger partial charge in [0.25, 0.3) is 5.79 Å². The van der Waals surface area contributed by atoms with Crippen LogP contribution < -0.4 is 5.69 Å². The summed E-state index contributed by atoms with van der Waals surface area (Å²) < 4.78 is 55.0. The van der Waals surface area contributed by atoms with Crippen LogP contribution in [0, 0.1) is 0 Å². The normalized spacial score (nSPS) is 15.1. The highest BCUT2D eigenvalue weighted by atomic mass is 35.5. The Morgan fingerprint density at radius 3 is 2.36 bits per heavy atom. The van der Waals surface area contributed by atoms with Crippen LogP contribution >= 0.6 is 23.2 Å². The van der Waals surface area contributed by atoms with Gasteiger partial charge in [0.05, 0.1) is 25.4 Å². The molecule has 1 fully saturated rings. The van der Waals surface area contributed by atoms with Crippen LogP contribution in [0.1, 0.15) is 23.4 Å². The van der Waals surface area contributed by atoms with Crippen LogP contribution in [0.2, 0.25) is 10.0 Å². The van der Waals surface area contributed by atoms with Gasteiger partial charge in [-0.05, 0) is 42.5 Å². The molecule has 0 saturated carbocycles. The van der Waals surface area contributed by atoms with E-state index in [2.05, 4.69) is 15.2 Å². The summed E-state index contributed by atoms with van der Waals surface area (Å²) in [5, 5.41) is 9.39. The molecule has 0 amide bonds. The number of ether oxygens (including phenoxy) is 2. The van der Waals surface area contributed by atoms with Crippen molar-refractivity contribution in [1.82, 2.24) is 29.1 Å². The lowest BCUT2D eigenvalue weighted by molar-refractivity contribution is -0.348. The summed E-state index contributed by atoms with van der Waals surface area (Å²) in [6, 6.07) is 12.6. The molecule has 204 valence electrons. The fourth-order valence-electron chi connectivity index (χ4n) is 4.08. The van der Waals surface area contributed by atoms with E-state index in [4.69, 9.17) is 32.7 Å². The molecule has 0 aliphatic carbocycles. The van der Waals surface area contributed by atoms with Gasteiger partial charge < -0.3 is 9.47 Å². The van der Waals surface area contributed by atoms with Gasteiger partial charge in [-0.1, -0.05) is 29.3 Å². The lowest BCUT2D eigenvalue weighted by Gasteiger charge is -2.29. The summed E-state index contributed by atoms with van der Waals surface area (Å²) in [6.07, 6.45) is -4.93. The van der Waals surface area contributed by atoms with Crippen molar-refractivity contribution in [1.29, 1.82) is 0 Å². The highest BCUT2D eigenvalue weighted by Gasteiger charge is 2.60. The first-order valence-corrected chi connectivity index (χ1v) is 12.2. The molecule has 0 unspecified atom stereocenters. The quantitative estimate of drug-likeness (QED) is 0.301. The first-order chi connectivity index (χ1) is 18.5. The molecular weight excluding hydrogens is 564 g/mol. The smallest absolute Gasteiger partial charge is 0.339 e. The van der Waals surface area contributed by atoms with E-state index in [0.717, 1.165) is 9.25 Å². The van der Waals surface area contributed by atoms with Crippen molar-refractivity contribution in [3.63, 3.8) is 0 Å². The average Bonchev–Trinajstić information content (AvgIpc) is 3.60. The zero-order valence-corrected chi connectivity index (χ0v) is 21.7. The van der Waals surface area contributed by atoms with Gasteiger partial charge in [0.1, 0.15) is 6.54 Å². The molecule has 3 heterocycles. The Hall–Kier alpha value is -3.52. The first kappa shape index (κ1) is 27.1. The third kappa shape index (κ3) is 5.22. The average molecular weight is 583 g/mol. The summed E-state index contributed by atoms with van der Waals surface area (Å²) >= 11 is 12.0. The molecule has 10 nitrogen and oxygen atoms in total. The fourth-order valence-corrected chi connectivity index (χ4v) is 4.39. The molecule has 0 atom stereocenters. The van der Waals surface area contributed by atoms with Crippen molar-refractivity contribution in [2.24, 2.45) is 0 Å². The SMILES string of the molecule is CC(=O)c1nc(Cn2nc(-c3ccc(Cl)cc3)n(CC3(C(F)(F)F)OCCO3)c2=O)nn1-c1cccc(Cl)c1. The van der Waals surface area contributed by atoms with Crippen molar-refractivity contribution >= 4 is 29.0 Å². The Labute approximate surface area is 228 Å². The van der Waals surface area contributed by atoms with E-state index in [-0.39, 0.29) is 37.2 Å². The number of rotatable bonds is 7. The summed E-state index contributed by atoms with van der Waals surface area (Å²) in [5.74, 6) is -3.52. The van der Waals surface area contributed by atoms with Gasteiger partial charge in [0, 0.05) is 22.5 Å². The molecule has 2 aromatic heterocycles. The van der Waals surface area contributed by atoms with Crippen LogP contribution in [0.5, 0.6) is 0 Å². The number of halogens is 5. The number of hydrogen-bond acceptors (Lipinski definition) is 7. The summed E-state index contributed by atoms with van der Waals surface area (Å²) in [6.45, 7) is -0.640. The minimum Gasteiger partial charge on any atom is -0.339 e. The van der Waals surface area contributed by atoms with Crippen LogP contribution in [0.3, 0.4) is 0 Å². The standard InChI is InChI=1S/C24H19Cl2F3N6O4/c1-14(36)20-30-19(31-35(20)18-4-2-3-17(26)11-18)12-34-22(37)33(13-23(24(27,28)29)38-9-10-39-23)21(32-34)15-5-7-16(25)8-6-15/h2-8,11H,9-10,12-13H2,1H3. The molecule has 4 aromatic rings. The lowest BCUT2D eigenvalue weighted by Crippen LogP contribution is -2.51. The zero-order valence-electron chi connectivity index (χ0n) is 20.2. The monoisotopic (exact) mass is 582 g/mol. The Balaban J connectivity index is 1.59. The number of ketones is 1. The van der Waals surface area contributed by atoms with Gasteiger partial charge in [-0.15, -0.1) is 10.2 Å². The van der Waals surface area contributed by atoms with E-state index in [1.807, 2.05) is 0 Å². The van der Waals surface area contributed by atoms with Gasteiger partial charge in [-0.25, -0.2) is 19.1 Å². The Morgan fingerprint density at radius 2 is 1.74 bits per heavy atom. The number of aromatic nitrogens is 6. The van der Waals surface area contributed by atoms with E-state index >= 15 is 0 Å². The molecule has 15 heteroatoms. The Morgan fingerprint density at radius 1 is 1.05 bits per heavy atom. The summed E-state index contributed by atoms with van der Waals surface area (Å²) in [4.78, 5) is 29.9. The van der Waals surface area contributed by atoms with E-state index in [9.17, 15) is 22.8 Å². The Kier molecular flexibility index (Phi) is 7.10. The molecule has 0 spiro atoms. The van der Waals surface area contributed by atoms with Crippen LogP contribution in [0.15, 0.2) is 53.3 Å². The number of benzene rings is 2. The maximum atomic E-state index is 14.0. The van der Waals surface area contributed by atoms with Crippen LogP contribution in [-0.2, 0) is 22.6 Å². The highest BCUT2D eigenvalue weighted by Crippen LogP contribution is 2.39. The van der Waals surface area contributed by atoms with Crippen LogP contribution in [0.4, 0.5) is 13.2 Å². The van der Waals surface area contributed by atoms with E-state index < -0.39 is 30.0 Å². The highest BCUT2D eigenvalue weighted by molar-refractivity contribution is 6.31. The number of Topliss-reactive ketones (excluding diaryl/α,β-unsaturated/α-hetero) is 1. The summed E-state index contributed by atoms with van der Waals surface area (Å²) in [5.41, 5.74) is -0.118. The van der Waals surface area contributed by atoms with Crippen molar-refractivity contribution < 1.29 is 27.4 Å². The molecule has 39 heavy (non-hydrogen) atoms. The van der Waals surface area contributed by atoms with E-state index in [0.29, 0.717) is 21.3 Å². The number of carbonyl (C=O) groups is 1. The fraction of sp³-hybridized carbons (Fsp3) is 0.292. The number of alkyl halides is 3. The lowest BCUT2D eigenvalue weighted by atomic mass is 10.2. The third-order valence-corrected chi connectivity index (χ3v) is 6.37. The number of hydrogen-bond donors (Lipinski definition) is 0. The molecule has 0 radical (unpaired) electrons. The van der Waals surface area contributed by atoms with Crippen LogP contribution in [0.25, 0.3) is 17.1 Å². The second-order valence-electron chi connectivity index (χ2n) is 8.60. The van der Waals surface area contributed by atoms with E-state index in [1.165, 1.54) is 35.9 Å². The first-order valence-electron chi connectivity index (χ1n) is 11.5. The largest absolute Gasteiger partial charge is 0.445 e. The summed E-state index contributed by atoms with van der Waals surface area (Å²) in [7, 11) is 0. The predicted molar refractivity (Wildman–Crippen MR) is 133 cm³/mol. The molecule has 2 aromatic carbocycles. The molecule has 0 N–H and O–H groups in total. The van der Waals surface area contributed by atoms with Gasteiger partial charge in [0.2, 0.25) is 0 Å². The van der Waals surface area contributed by atoms with Crippen LogP contribution in [-0.4, -0.2) is 60.1 Å². The van der Waals surface area contributed by atoms with Crippen molar-refractivity contribution in [2.75, 3.05) is 13.2 Å².